The van der Waals surface area contributed by atoms with Crippen molar-refractivity contribution >= 4 is 17.7 Å². The van der Waals surface area contributed by atoms with Crippen LogP contribution in [0.15, 0.2) is 18.2 Å². The molecule has 33 heavy (non-hydrogen) atoms. The van der Waals surface area contributed by atoms with Crippen LogP contribution in [0.1, 0.15) is 53.6 Å². The summed E-state index contributed by atoms with van der Waals surface area (Å²) in [4.78, 5) is 43.0. The summed E-state index contributed by atoms with van der Waals surface area (Å²) in [6.45, 7) is 5.85. The topological polar surface area (TPSA) is 99.0 Å². The van der Waals surface area contributed by atoms with E-state index in [1.807, 2.05) is 12.1 Å². The summed E-state index contributed by atoms with van der Waals surface area (Å²) in [7, 11) is 0. The predicted molar refractivity (Wildman–Crippen MR) is 123 cm³/mol. The van der Waals surface area contributed by atoms with Crippen molar-refractivity contribution in [1.82, 2.24) is 20.0 Å². The van der Waals surface area contributed by atoms with Gasteiger partial charge in [0.2, 0.25) is 11.8 Å². The average molecular weight is 450 g/mol. The molecule has 4 heterocycles. The van der Waals surface area contributed by atoms with Gasteiger partial charge in [-0.05, 0) is 43.0 Å². The first-order chi connectivity index (χ1) is 16.0. The van der Waals surface area contributed by atoms with Crippen LogP contribution in [-0.2, 0) is 16.1 Å². The number of rotatable bonds is 4. The van der Waals surface area contributed by atoms with Gasteiger partial charge in [0, 0.05) is 75.3 Å². The Bertz CT molecular complexity index is 1010. The molecule has 1 aromatic carbocycles. The minimum Gasteiger partial charge on any atom is -0.328 e. The lowest BCUT2D eigenvalue weighted by molar-refractivity contribution is -0.136. The monoisotopic (exact) mass is 449 g/mol. The third kappa shape index (κ3) is 4.67. The molecule has 1 aromatic rings. The number of imide groups is 1. The van der Waals surface area contributed by atoms with E-state index in [0.29, 0.717) is 30.6 Å². The molecule has 0 spiro atoms. The second-order valence-electron chi connectivity index (χ2n) is 9.61. The van der Waals surface area contributed by atoms with Gasteiger partial charge in [0.05, 0.1) is 0 Å². The van der Waals surface area contributed by atoms with Gasteiger partial charge in [0.25, 0.3) is 5.91 Å². The molecule has 3 fully saturated rings. The minimum absolute atomic E-state index is 0.151. The fourth-order valence-corrected chi connectivity index (χ4v) is 5.27. The zero-order valence-corrected chi connectivity index (χ0v) is 18.9. The van der Waals surface area contributed by atoms with E-state index >= 15 is 0 Å². The molecule has 8 heteroatoms. The van der Waals surface area contributed by atoms with Gasteiger partial charge in [0.15, 0.2) is 0 Å². The number of hydrogen-bond donors (Lipinski definition) is 2. The minimum atomic E-state index is -0.584. The number of piperidine rings is 2. The molecule has 3 N–H and O–H groups in total. The van der Waals surface area contributed by atoms with E-state index in [0.717, 1.165) is 63.1 Å². The molecule has 8 nitrogen and oxygen atoms in total. The van der Waals surface area contributed by atoms with E-state index in [9.17, 15) is 14.4 Å². The molecule has 0 aliphatic carbocycles. The third-order valence-corrected chi connectivity index (χ3v) is 7.34. The van der Waals surface area contributed by atoms with Gasteiger partial charge in [-0.3, -0.25) is 29.5 Å². The van der Waals surface area contributed by atoms with Crippen molar-refractivity contribution in [2.45, 2.75) is 56.8 Å². The van der Waals surface area contributed by atoms with Crippen molar-refractivity contribution < 1.29 is 14.4 Å². The second-order valence-corrected chi connectivity index (χ2v) is 9.61. The SMILES string of the molecule is NC1CCN(C2CN(CCC#Cc3ccc4c(c3)CN(C3CCC(=O)NC3=O)C4=O)C2)CC1. The lowest BCUT2D eigenvalue weighted by Crippen LogP contribution is -2.61. The summed E-state index contributed by atoms with van der Waals surface area (Å²) in [5, 5.41) is 2.34. The van der Waals surface area contributed by atoms with E-state index in [1.165, 1.54) is 0 Å². The third-order valence-electron chi connectivity index (χ3n) is 7.34. The molecule has 4 aliphatic heterocycles. The maximum Gasteiger partial charge on any atom is 0.255 e. The number of carbonyl (C=O) groups excluding carboxylic acids is 3. The quantitative estimate of drug-likeness (QED) is 0.507. The van der Waals surface area contributed by atoms with E-state index in [1.54, 1.807) is 11.0 Å². The smallest absolute Gasteiger partial charge is 0.255 e. The number of benzene rings is 1. The number of amides is 3. The lowest BCUT2D eigenvalue weighted by atomic mass is 10.00. The average Bonchev–Trinajstić information content (AvgIpc) is 3.09. The first-order valence-corrected chi connectivity index (χ1v) is 12.0. The largest absolute Gasteiger partial charge is 0.328 e. The number of fused-ring (bicyclic) bond motifs is 1. The highest BCUT2D eigenvalue weighted by molar-refractivity contribution is 6.05. The Morgan fingerprint density at radius 3 is 2.64 bits per heavy atom. The molecule has 174 valence electrons. The predicted octanol–water partition coefficient (Wildman–Crippen LogP) is 0.297. The number of nitrogens with one attached hydrogen (secondary N) is 1. The zero-order valence-electron chi connectivity index (χ0n) is 18.9. The fraction of sp³-hybridized carbons (Fsp3) is 0.560. The van der Waals surface area contributed by atoms with Crippen molar-refractivity contribution in [1.29, 1.82) is 0 Å². The Kier molecular flexibility index (Phi) is 6.19. The molecule has 0 radical (unpaired) electrons. The molecular formula is C25H31N5O3. The normalized spacial score (nSPS) is 24.8. The van der Waals surface area contributed by atoms with Gasteiger partial charge < -0.3 is 10.6 Å². The van der Waals surface area contributed by atoms with E-state index in [2.05, 4.69) is 27.0 Å². The standard InChI is InChI=1S/C25H31N5O3/c26-19-8-11-29(12-9-19)20-15-28(16-20)10-2-1-3-17-4-5-21-18(13-17)14-30(25(21)33)22-6-7-23(31)27-24(22)32/h4-5,13,19-20,22H,2,6-12,14-16,26H2,(H,27,31,32). The summed E-state index contributed by atoms with van der Waals surface area (Å²) in [5.74, 6) is 5.68. The van der Waals surface area contributed by atoms with Gasteiger partial charge in [-0.15, -0.1) is 0 Å². The van der Waals surface area contributed by atoms with Crippen molar-refractivity contribution in [3.05, 3.63) is 34.9 Å². The highest BCUT2D eigenvalue weighted by Gasteiger charge is 2.39. The number of likely N-dealkylation sites (tertiary alicyclic amines) is 2. The van der Waals surface area contributed by atoms with Crippen molar-refractivity contribution in [3.8, 4) is 11.8 Å². The molecule has 0 saturated carbocycles. The second kappa shape index (κ2) is 9.26. The first kappa shape index (κ1) is 22.1. The zero-order chi connectivity index (χ0) is 22.9. The van der Waals surface area contributed by atoms with Crippen molar-refractivity contribution in [2.75, 3.05) is 32.7 Å². The van der Waals surface area contributed by atoms with Gasteiger partial charge in [-0.25, -0.2) is 0 Å². The van der Waals surface area contributed by atoms with Crippen LogP contribution in [0.3, 0.4) is 0 Å². The highest BCUT2D eigenvalue weighted by atomic mass is 16.2. The summed E-state index contributed by atoms with van der Waals surface area (Å²) in [5.41, 5.74) is 8.40. The van der Waals surface area contributed by atoms with Gasteiger partial charge in [-0.1, -0.05) is 11.8 Å². The molecule has 0 aromatic heterocycles. The first-order valence-electron chi connectivity index (χ1n) is 12.0. The van der Waals surface area contributed by atoms with Crippen LogP contribution in [0.4, 0.5) is 0 Å². The Morgan fingerprint density at radius 2 is 1.88 bits per heavy atom. The maximum atomic E-state index is 12.8. The number of carbonyl (C=O) groups is 3. The molecule has 1 atom stereocenters. The van der Waals surface area contributed by atoms with Crippen LogP contribution >= 0.6 is 0 Å². The summed E-state index contributed by atoms with van der Waals surface area (Å²) < 4.78 is 0. The molecule has 1 unspecified atom stereocenters. The van der Waals surface area contributed by atoms with Gasteiger partial charge in [-0.2, -0.15) is 0 Å². The molecular weight excluding hydrogens is 418 g/mol. The molecule has 3 amide bonds. The number of nitrogens with two attached hydrogens (primary N) is 1. The van der Waals surface area contributed by atoms with Crippen molar-refractivity contribution in [2.24, 2.45) is 5.73 Å². The maximum absolute atomic E-state index is 12.8. The van der Waals surface area contributed by atoms with Crippen LogP contribution in [0.2, 0.25) is 0 Å². The lowest BCUT2D eigenvalue weighted by Gasteiger charge is -2.47. The highest BCUT2D eigenvalue weighted by Crippen LogP contribution is 2.28. The molecule has 5 rings (SSSR count). The molecule has 4 aliphatic rings. The number of hydrogen-bond acceptors (Lipinski definition) is 6. The summed E-state index contributed by atoms with van der Waals surface area (Å²) in [6, 6.07) is 6.10. The van der Waals surface area contributed by atoms with E-state index in [4.69, 9.17) is 5.73 Å². The van der Waals surface area contributed by atoms with Crippen LogP contribution < -0.4 is 11.1 Å². The van der Waals surface area contributed by atoms with Crippen LogP contribution in [0.5, 0.6) is 0 Å². The van der Waals surface area contributed by atoms with Crippen LogP contribution in [-0.4, -0.2) is 83.3 Å². The van der Waals surface area contributed by atoms with E-state index < -0.39 is 6.04 Å². The van der Waals surface area contributed by atoms with E-state index in [-0.39, 0.29) is 24.1 Å². The number of nitrogens with zero attached hydrogens (tertiary/aromatic N) is 3. The van der Waals surface area contributed by atoms with Gasteiger partial charge >= 0.3 is 0 Å². The Morgan fingerprint density at radius 1 is 1.09 bits per heavy atom. The Balaban J connectivity index is 1.11. The van der Waals surface area contributed by atoms with Crippen molar-refractivity contribution in [3.63, 3.8) is 0 Å². The molecule has 0 bridgehead atoms. The van der Waals surface area contributed by atoms with Gasteiger partial charge in [0.1, 0.15) is 6.04 Å². The van der Waals surface area contributed by atoms with Crippen LogP contribution in [0.25, 0.3) is 0 Å². The summed E-state index contributed by atoms with van der Waals surface area (Å²) in [6.07, 6.45) is 3.67. The molecule has 3 saturated heterocycles. The Labute approximate surface area is 194 Å². The fourth-order valence-electron chi connectivity index (χ4n) is 5.27. The van der Waals surface area contributed by atoms with Crippen LogP contribution in [0, 0.1) is 11.8 Å². The Hall–Kier alpha value is -2.73. The summed E-state index contributed by atoms with van der Waals surface area (Å²) >= 11 is 0.